The minimum atomic E-state index is 0.561. The van der Waals surface area contributed by atoms with Crippen LogP contribution >= 0.6 is 0 Å². The van der Waals surface area contributed by atoms with Gasteiger partial charge in [0, 0.05) is 43.9 Å². The van der Waals surface area contributed by atoms with E-state index in [9.17, 15) is 0 Å². The van der Waals surface area contributed by atoms with Crippen LogP contribution < -0.4 is 14.8 Å². The summed E-state index contributed by atoms with van der Waals surface area (Å²) < 4.78 is 10.7. The number of hydrogen-bond acceptors (Lipinski definition) is 4. The molecular formula is C14H22N2O2. The van der Waals surface area contributed by atoms with Crippen molar-refractivity contribution in [2.24, 2.45) is 0 Å². The number of hydrogen-bond donors (Lipinski definition) is 1. The van der Waals surface area contributed by atoms with Gasteiger partial charge in [-0.25, -0.2) is 0 Å². The molecule has 1 aliphatic heterocycles. The first kappa shape index (κ1) is 13.2. The third-order valence-corrected chi connectivity index (χ3v) is 3.51. The van der Waals surface area contributed by atoms with E-state index in [2.05, 4.69) is 23.2 Å². The molecule has 0 spiro atoms. The molecule has 1 aromatic rings. The van der Waals surface area contributed by atoms with Crippen molar-refractivity contribution >= 4 is 0 Å². The first-order valence-corrected chi connectivity index (χ1v) is 6.40. The van der Waals surface area contributed by atoms with E-state index in [0.29, 0.717) is 6.04 Å². The van der Waals surface area contributed by atoms with Crippen LogP contribution in [0.1, 0.15) is 12.5 Å². The minimum absolute atomic E-state index is 0.561. The second-order valence-corrected chi connectivity index (χ2v) is 4.70. The summed E-state index contributed by atoms with van der Waals surface area (Å²) in [5.74, 6) is 1.74. The number of methoxy groups -OCH3 is 2. The van der Waals surface area contributed by atoms with Gasteiger partial charge in [0.05, 0.1) is 14.2 Å². The number of nitrogens with one attached hydrogen (secondary N) is 1. The van der Waals surface area contributed by atoms with E-state index in [1.165, 1.54) is 5.56 Å². The molecular weight excluding hydrogens is 228 g/mol. The largest absolute Gasteiger partial charge is 0.497 e. The number of benzene rings is 1. The molecule has 4 heteroatoms. The van der Waals surface area contributed by atoms with E-state index >= 15 is 0 Å². The van der Waals surface area contributed by atoms with Crippen molar-refractivity contribution in [3.63, 3.8) is 0 Å². The topological polar surface area (TPSA) is 33.7 Å². The van der Waals surface area contributed by atoms with Gasteiger partial charge in [0.1, 0.15) is 11.5 Å². The Balaban J connectivity index is 2.12. The Labute approximate surface area is 109 Å². The van der Waals surface area contributed by atoms with Crippen molar-refractivity contribution in [3.8, 4) is 11.5 Å². The molecule has 0 saturated carbocycles. The zero-order valence-electron chi connectivity index (χ0n) is 11.4. The number of piperazine rings is 1. The van der Waals surface area contributed by atoms with Gasteiger partial charge in [0.25, 0.3) is 0 Å². The molecule has 1 aromatic carbocycles. The lowest BCUT2D eigenvalue weighted by Crippen LogP contribution is -2.49. The van der Waals surface area contributed by atoms with E-state index in [0.717, 1.165) is 37.7 Å². The summed E-state index contributed by atoms with van der Waals surface area (Å²) in [7, 11) is 3.38. The van der Waals surface area contributed by atoms with Gasteiger partial charge in [-0.15, -0.1) is 0 Å². The molecule has 1 atom stereocenters. The predicted octanol–water partition coefficient (Wildman–Crippen LogP) is 1.50. The zero-order valence-corrected chi connectivity index (χ0v) is 11.4. The van der Waals surface area contributed by atoms with E-state index in [1.54, 1.807) is 14.2 Å². The van der Waals surface area contributed by atoms with Crippen LogP contribution in [0.4, 0.5) is 0 Å². The van der Waals surface area contributed by atoms with Gasteiger partial charge in [0.2, 0.25) is 0 Å². The van der Waals surface area contributed by atoms with Crippen LogP contribution in [0.3, 0.4) is 0 Å². The summed E-state index contributed by atoms with van der Waals surface area (Å²) in [6.45, 7) is 6.37. The maximum absolute atomic E-state index is 5.44. The van der Waals surface area contributed by atoms with Crippen LogP contribution in [0.15, 0.2) is 18.2 Å². The predicted molar refractivity (Wildman–Crippen MR) is 72.3 cm³/mol. The van der Waals surface area contributed by atoms with Crippen molar-refractivity contribution in [1.29, 1.82) is 0 Å². The van der Waals surface area contributed by atoms with E-state index < -0.39 is 0 Å². The molecule has 0 aromatic heterocycles. The van der Waals surface area contributed by atoms with E-state index in [1.807, 2.05) is 12.1 Å². The second kappa shape index (κ2) is 6.07. The summed E-state index contributed by atoms with van der Waals surface area (Å²) in [5.41, 5.74) is 1.21. The van der Waals surface area contributed by atoms with E-state index in [-0.39, 0.29) is 0 Å². The minimum Gasteiger partial charge on any atom is -0.497 e. The molecule has 1 saturated heterocycles. The highest BCUT2D eigenvalue weighted by molar-refractivity contribution is 5.40. The molecule has 0 bridgehead atoms. The van der Waals surface area contributed by atoms with Crippen LogP contribution in [0, 0.1) is 0 Å². The smallest absolute Gasteiger partial charge is 0.127 e. The average Bonchev–Trinajstić information content (AvgIpc) is 2.41. The summed E-state index contributed by atoms with van der Waals surface area (Å²) in [4.78, 5) is 2.47. The average molecular weight is 250 g/mol. The summed E-state index contributed by atoms with van der Waals surface area (Å²) in [6.07, 6.45) is 0. The molecule has 0 amide bonds. The number of ether oxygens (including phenoxy) is 2. The summed E-state index contributed by atoms with van der Waals surface area (Å²) >= 11 is 0. The Kier molecular flexibility index (Phi) is 4.44. The SMILES string of the molecule is COc1ccc(CN2CCNCC2C)c(OC)c1. The molecule has 18 heavy (non-hydrogen) atoms. The molecule has 1 aliphatic rings. The van der Waals surface area contributed by atoms with Crippen molar-refractivity contribution in [2.45, 2.75) is 19.5 Å². The first-order chi connectivity index (χ1) is 8.74. The standard InChI is InChI=1S/C14H22N2O2/c1-11-9-15-6-7-16(11)10-12-4-5-13(17-2)8-14(12)18-3/h4-5,8,11,15H,6-7,9-10H2,1-3H3. The molecule has 0 aliphatic carbocycles. The van der Waals surface area contributed by atoms with Crippen molar-refractivity contribution in [1.82, 2.24) is 10.2 Å². The lowest BCUT2D eigenvalue weighted by molar-refractivity contribution is 0.164. The molecule has 2 rings (SSSR count). The van der Waals surface area contributed by atoms with Gasteiger partial charge in [-0.05, 0) is 13.0 Å². The van der Waals surface area contributed by atoms with Crippen LogP contribution in [-0.2, 0) is 6.54 Å². The van der Waals surface area contributed by atoms with Crippen LogP contribution in [-0.4, -0.2) is 44.8 Å². The third-order valence-electron chi connectivity index (χ3n) is 3.51. The Morgan fingerprint density at radius 2 is 2.17 bits per heavy atom. The molecule has 1 unspecified atom stereocenters. The van der Waals surface area contributed by atoms with Gasteiger partial charge in [-0.2, -0.15) is 0 Å². The van der Waals surface area contributed by atoms with Crippen molar-refractivity contribution in [2.75, 3.05) is 33.9 Å². The molecule has 0 radical (unpaired) electrons. The summed E-state index contributed by atoms with van der Waals surface area (Å²) in [5, 5.41) is 3.40. The number of nitrogens with zero attached hydrogens (tertiary/aromatic N) is 1. The van der Waals surface area contributed by atoms with Gasteiger partial charge in [-0.1, -0.05) is 6.07 Å². The zero-order chi connectivity index (χ0) is 13.0. The van der Waals surface area contributed by atoms with Crippen LogP contribution in [0.5, 0.6) is 11.5 Å². The van der Waals surface area contributed by atoms with Gasteiger partial charge < -0.3 is 14.8 Å². The fraction of sp³-hybridized carbons (Fsp3) is 0.571. The van der Waals surface area contributed by atoms with Crippen LogP contribution in [0.2, 0.25) is 0 Å². The second-order valence-electron chi connectivity index (χ2n) is 4.70. The fourth-order valence-corrected chi connectivity index (χ4v) is 2.32. The van der Waals surface area contributed by atoms with Gasteiger partial charge >= 0.3 is 0 Å². The van der Waals surface area contributed by atoms with Crippen molar-refractivity contribution < 1.29 is 9.47 Å². The fourth-order valence-electron chi connectivity index (χ4n) is 2.32. The highest BCUT2D eigenvalue weighted by atomic mass is 16.5. The molecule has 4 nitrogen and oxygen atoms in total. The van der Waals surface area contributed by atoms with E-state index in [4.69, 9.17) is 9.47 Å². The maximum Gasteiger partial charge on any atom is 0.127 e. The maximum atomic E-state index is 5.44. The lowest BCUT2D eigenvalue weighted by Gasteiger charge is -2.34. The van der Waals surface area contributed by atoms with Gasteiger partial charge in [-0.3, -0.25) is 4.90 Å². The highest BCUT2D eigenvalue weighted by Gasteiger charge is 2.19. The Morgan fingerprint density at radius 1 is 1.33 bits per heavy atom. The first-order valence-electron chi connectivity index (χ1n) is 6.40. The Hall–Kier alpha value is -1.26. The van der Waals surface area contributed by atoms with Crippen LogP contribution in [0.25, 0.3) is 0 Å². The Bertz CT molecular complexity index is 395. The highest BCUT2D eigenvalue weighted by Crippen LogP contribution is 2.26. The van der Waals surface area contributed by atoms with Gasteiger partial charge in [0.15, 0.2) is 0 Å². The normalized spacial score (nSPS) is 20.7. The Morgan fingerprint density at radius 3 is 2.83 bits per heavy atom. The monoisotopic (exact) mass is 250 g/mol. The lowest BCUT2D eigenvalue weighted by atomic mass is 10.1. The summed E-state index contributed by atoms with van der Waals surface area (Å²) in [6, 6.07) is 6.59. The third kappa shape index (κ3) is 2.94. The molecule has 1 N–H and O–H groups in total. The quantitative estimate of drug-likeness (QED) is 0.878. The van der Waals surface area contributed by atoms with Crippen molar-refractivity contribution in [3.05, 3.63) is 23.8 Å². The molecule has 1 heterocycles. The number of rotatable bonds is 4. The molecule has 100 valence electrons. The molecule has 1 fully saturated rings.